The number of carbonyl (C=O) groups excluding carboxylic acids is 4. The summed E-state index contributed by atoms with van der Waals surface area (Å²) in [7, 11) is 0. The van der Waals surface area contributed by atoms with Gasteiger partial charge in [0.15, 0.2) is 0 Å². The lowest BCUT2D eigenvalue weighted by Gasteiger charge is -2.34. The first-order valence-electron chi connectivity index (χ1n) is 11.2. The number of hydroxylamine groups is 1. The number of hydrogen-bond acceptors (Lipinski definition) is 5. The minimum absolute atomic E-state index is 0.183. The topological polar surface area (TPSA) is 131 Å². The number of carbonyl (C=O) groups is 4. The maximum absolute atomic E-state index is 13.4. The van der Waals surface area contributed by atoms with Gasteiger partial charge in [0.25, 0.3) is 0 Å². The van der Waals surface area contributed by atoms with Gasteiger partial charge in [-0.05, 0) is 38.2 Å². The van der Waals surface area contributed by atoms with Crippen LogP contribution in [0.25, 0.3) is 0 Å². The zero-order valence-corrected chi connectivity index (χ0v) is 18.4. The number of hydrogen-bond donors (Lipinski definition) is 3. The van der Waals surface area contributed by atoms with Crippen molar-refractivity contribution in [2.24, 2.45) is 17.6 Å². The minimum atomic E-state index is -0.810. The Bertz CT molecular complexity index is 831. The van der Waals surface area contributed by atoms with Crippen molar-refractivity contribution < 1.29 is 24.0 Å². The summed E-state index contributed by atoms with van der Waals surface area (Å²) in [5.74, 6) is -2.50. The summed E-state index contributed by atoms with van der Waals surface area (Å²) in [5.41, 5.74) is 8.67. The van der Waals surface area contributed by atoms with E-state index in [9.17, 15) is 19.2 Å². The molecule has 1 aromatic rings. The molecule has 3 rings (SSSR count). The lowest BCUT2D eigenvalue weighted by molar-refractivity contribution is -0.151. The summed E-state index contributed by atoms with van der Waals surface area (Å²) in [6, 6.07) is 8.03. The average Bonchev–Trinajstić information content (AvgIpc) is 3.29. The SMILES string of the molecule is C[C@H](NC(=O)[C@@H]1CCCN1C(=O)[C@@H]1CCCC[C@H]1C(=O)NOCc1ccccc1)C(N)=O. The molecular weight excluding hydrogens is 412 g/mol. The Morgan fingerprint density at radius 2 is 1.72 bits per heavy atom. The van der Waals surface area contributed by atoms with Crippen LogP contribution in [0.1, 0.15) is 51.0 Å². The number of benzene rings is 1. The molecule has 2 aliphatic rings. The van der Waals surface area contributed by atoms with Gasteiger partial charge in [0, 0.05) is 12.5 Å². The lowest BCUT2D eigenvalue weighted by Crippen LogP contribution is -2.53. The molecule has 1 saturated carbocycles. The molecule has 1 aromatic carbocycles. The van der Waals surface area contributed by atoms with Crippen LogP contribution in [-0.2, 0) is 30.6 Å². The molecule has 174 valence electrons. The van der Waals surface area contributed by atoms with Crippen molar-refractivity contribution >= 4 is 23.6 Å². The molecule has 4 atom stereocenters. The highest BCUT2D eigenvalue weighted by atomic mass is 16.6. The van der Waals surface area contributed by atoms with Gasteiger partial charge in [0.05, 0.1) is 12.5 Å². The molecule has 9 heteroatoms. The van der Waals surface area contributed by atoms with E-state index >= 15 is 0 Å². The molecule has 0 bridgehead atoms. The second-order valence-corrected chi connectivity index (χ2v) is 8.56. The van der Waals surface area contributed by atoms with Crippen LogP contribution < -0.4 is 16.5 Å². The molecule has 0 aromatic heterocycles. The van der Waals surface area contributed by atoms with Crippen LogP contribution in [0.4, 0.5) is 0 Å². The van der Waals surface area contributed by atoms with Crippen LogP contribution in [0.15, 0.2) is 30.3 Å². The molecule has 1 heterocycles. The molecule has 4 amide bonds. The number of amides is 4. The van der Waals surface area contributed by atoms with Crippen molar-refractivity contribution in [2.45, 2.75) is 64.1 Å². The number of likely N-dealkylation sites (tertiary alicyclic amines) is 1. The van der Waals surface area contributed by atoms with Gasteiger partial charge in [-0.15, -0.1) is 0 Å². The third-order valence-corrected chi connectivity index (χ3v) is 6.30. The monoisotopic (exact) mass is 444 g/mol. The molecule has 32 heavy (non-hydrogen) atoms. The predicted octanol–water partition coefficient (Wildman–Crippen LogP) is 1.02. The number of nitrogens with one attached hydrogen (secondary N) is 2. The molecular formula is C23H32N4O5. The normalized spacial score (nSPS) is 23.9. The number of primary amides is 1. The van der Waals surface area contributed by atoms with E-state index in [0.29, 0.717) is 32.2 Å². The molecule has 0 spiro atoms. The fraction of sp³-hybridized carbons (Fsp3) is 0.565. The Kier molecular flexibility index (Phi) is 8.21. The molecule has 0 unspecified atom stereocenters. The maximum Gasteiger partial charge on any atom is 0.247 e. The van der Waals surface area contributed by atoms with Gasteiger partial charge in [-0.3, -0.25) is 24.0 Å². The second kappa shape index (κ2) is 11.1. The van der Waals surface area contributed by atoms with Crippen LogP contribution in [0, 0.1) is 11.8 Å². The van der Waals surface area contributed by atoms with Crippen LogP contribution >= 0.6 is 0 Å². The van der Waals surface area contributed by atoms with Gasteiger partial charge >= 0.3 is 0 Å². The lowest BCUT2D eigenvalue weighted by atomic mass is 9.78. The Balaban J connectivity index is 1.60. The van der Waals surface area contributed by atoms with E-state index in [1.807, 2.05) is 30.3 Å². The Labute approximate surface area is 188 Å². The third kappa shape index (κ3) is 5.85. The summed E-state index contributed by atoms with van der Waals surface area (Å²) in [6.07, 6.45) is 4.12. The maximum atomic E-state index is 13.4. The second-order valence-electron chi connectivity index (χ2n) is 8.56. The number of rotatable bonds is 8. The Hall–Kier alpha value is -2.94. The molecule has 9 nitrogen and oxygen atoms in total. The fourth-order valence-electron chi connectivity index (χ4n) is 4.48. The van der Waals surface area contributed by atoms with E-state index < -0.39 is 29.8 Å². The van der Waals surface area contributed by atoms with Gasteiger partial charge in [0.1, 0.15) is 12.1 Å². The van der Waals surface area contributed by atoms with Gasteiger partial charge < -0.3 is 16.0 Å². The highest BCUT2D eigenvalue weighted by molar-refractivity contribution is 5.93. The van der Waals surface area contributed by atoms with Gasteiger partial charge in [-0.1, -0.05) is 43.2 Å². The number of nitrogens with two attached hydrogens (primary N) is 1. The van der Waals surface area contributed by atoms with Crippen molar-refractivity contribution in [3.63, 3.8) is 0 Å². The highest BCUT2D eigenvalue weighted by Gasteiger charge is 2.43. The van der Waals surface area contributed by atoms with E-state index in [4.69, 9.17) is 10.6 Å². The predicted molar refractivity (Wildman–Crippen MR) is 116 cm³/mol. The Morgan fingerprint density at radius 3 is 2.41 bits per heavy atom. The summed E-state index contributed by atoms with van der Waals surface area (Å²) < 4.78 is 0. The van der Waals surface area contributed by atoms with E-state index in [0.717, 1.165) is 18.4 Å². The standard InChI is InChI=1S/C23H32N4O5/c1-15(20(24)28)25-22(30)19-12-7-13-27(19)23(31)18-11-6-5-10-17(18)21(29)26-32-14-16-8-3-2-4-9-16/h2-4,8-9,15,17-19H,5-7,10-14H2,1H3,(H2,24,28)(H,25,30)(H,26,29)/t15-,17+,18+,19-/m0/s1. The van der Waals surface area contributed by atoms with Gasteiger partial charge in [0.2, 0.25) is 23.6 Å². The first-order chi connectivity index (χ1) is 15.4. The summed E-state index contributed by atoms with van der Waals surface area (Å²) in [6.45, 7) is 2.21. The summed E-state index contributed by atoms with van der Waals surface area (Å²) >= 11 is 0. The van der Waals surface area contributed by atoms with Crippen molar-refractivity contribution in [3.05, 3.63) is 35.9 Å². The number of nitrogens with zero attached hydrogens (tertiary/aromatic N) is 1. The molecule has 1 aliphatic heterocycles. The van der Waals surface area contributed by atoms with E-state index in [1.165, 1.54) is 6.92 Å². The van der Waals surface area contributed by atoms with Gasteiger partial charge in [-0.25, -0.2) is 5.48 Å². The van der Waals surface area contributed by atoms with E-state index in [2.05, 4.69) is 10.8 Å². The molecule has 1 aliphatic carbocycles. The largest absolute Gasteiger partial charge is 0.368 e. The van der Waals surface area contributed by atoms with E-state index in [-0.39, 0.29) is 24.3 Å². The van der Waals surface area contributed by atoms with Crippen LogP contribution in [0.3, 0.4) is 0 Å². The van der Waals surface area contributed by atoms with Crippen molar-refractivity contribution in [3.8, 4) is 0 Å². The highest BCUT2D eigenvalue weighted by Crippen LogP contribution is 2.34. The smallest absolute Gasteiger partial charge is 0.247 e. The quantitative estimate of drug-likeness (QED) is 0.515. The zero-order chi connectivity index (χ0) is 23.1. The molecule has 4 N–H and O–H groups in total. The van der Waals surface area contributed by atoms with Crippen molar-refractivity contribution in [1.29, 1.82) is 0 Å². The minimum Gasteiger partial charge on any atom is -0.368 e. The molecule has 1 saturated heterocycles. The van der Waals surface area contributed by atoms with Crippen LogP contribution in [-0.4, -0.2) is 47.2 Å². The zero-order valence-electron chi connectivity index (χ0n) is 18.4. The van der Waals surface area contributed by atoms with E-state index in [1.54, 1.807) is 4.90 Å². The molecule has 2 fully saturated rings. The van der Waals surface area contributed by atoms with Crippen LogP contribution in [0.5, 0.6) is 0 Å². The van der Waals surface area contributed by atoms with Crippen molar-refractivity contribution in [2.75, 3.05) is 6.54 Å². The first-order valence-corrected chi connectivity index (χ1v) is 11.2. The van der Waals surface area contributed by atoms with Crippen LogP contribution in [0.2, 0.25) is 0 Å². The fourth-order valence-corrected chi connectivity index (χ4v) is 4.48. The van der Waals surface area contributed by atoms with Gasteiger partial charge in [-0.2, -0.15) is 0 Å². The molecule has 0 radical (unpaired) electrons. The third-order valence-electron chi connectivity index (χ3n) is 6.30. The average molecular weight is 445 g/mol. The summed E-state index contributed by atoms with van der Waals surface area (Å²) in [5, 5.41) is 2.58. The van der Waals surface area contributed by atoms with Crippen molar-refractivity contribution in [1.82, 2.24) is 15.7 Å². The summed E-state index contributed by atoms with van der Waals surface area (Å²) in [4.78, 5) is 57.1. The first kappa shape index (κ1) is 23.7. The Morgan fingerprint density at radius 1 is 1.03 bits per heavy atom.